The van der Waals surface area contributed by atoms with Crippen LogP contribution in [0.15, 0.2) is 15.9 Å². The number of nitrogens with zero attached hydrogens (tertiary/aromatic N) is 1. The monoisotopic (exact) mass is 332 g/mol. The van der Waals surface area contributed by atoms with Crippen molar-refractivity contribution in [3.63, 3.8) is 0 Å². The third-order valence-electron chi connectivity index (χ3n) is 2.92. The van der Waals surface area contributed by atoms with Gasteiger partial charge in [0.05, 0.1) is 17.0 Å². The van der Waals surface area contributed by atoms with Gasteiger partial charge in [0.1, 0.15) is 6.04 Å². The summed E-state index contributed by atoms with van der Waals surface area (Å²) >= 11 is 5.16. The zero-order valence-corrected chi connectivity index (χ0v) is 12.7. The Hall–Kier alpha value is -0.430. The molecule has 6 heteroatoms. The minimum Gasteiger partial charge on any atom is -0.378 e. The fraction of sp³-hybridized carbons (Fsp3) is 0.583. The van der Waals surface area contributed by atoms with Crippen LogP contribution in [0.4, 0.5) is 0 Å². The number of amides is 1. The first kappa shape index (κ1) is 14.0. The lowest BCUT2D eigenvalue weighted by Crippen LogP contribution is -2.51. The van der Waals surface area contributed by atoms with Crippen LogP contribution >= 0.6 is 27.3 Å². The van der Waals surface area contributed by atoms with Crippen LogP contribution in [0.1, 0.15) is 4.88 Å². The number of halogens is 1. The Morgan fingerprint density at radius 2 is 2.50 bits per heavy atom. The van der Waals surface area contributed by atoms with Crippen molar-refractivity contribution in [2.75, 3.05) is 33.4 Å². The molecule has 100 valence electrons. The molecule has 2 heterocycles. The van der Waals surface area contributed by atoms with Crippen LogP contribution in [-0.2, 0) is 16.0 Å². The number of carbonyl (C=O) groups is 1. The number of carbonyl (C=O) groups excluding carboxylic acids is 1. The maximum atomic E-state index is 12.1. The predicted molar refractivity (Wildman–Crippen MR) is 76.0 cm³/mol. The highest BCUT2D eigenvalue weighted by Gasteiger charge is 2.23. The van der Waals surface area contributed by atoms with Crippen LogP contribution in [0.5, 0.6) is 0 Å². The summed E-state index contributed by atoms with van der Waals surface area (Å²) in [5, 5.41) is 3.18. The van der Waals surface area contributed by atoms with E-state index in [0.717, 1.165) is 23.3 Å². The average molecular weight is 333 g/mol. The fourth-order valence-corrected chi connectivity index (χ4v) is 3.34. The van der Waals surface area contributed by atoms with Gasteiger partial charge in [-0.3, -0.25) is 4.79 Å². The fourth-order valence-electron chi connectivity index (χ4n) is 1.86. The van der Waals surface area contributed by atoms with Crippen molar-refractivity contribution < 1.29 is 9.53 Å². The molecule has 1 fully saturated rings. The third-order valence-corrected chi connectivity index (χ3v) is 4.60. The number of hydrogen-bond donors (Lipinski definition) is 1. The van der Waals surface area contributed by atoms with Crippen LogP contribution in [0, 0.1) is 0 Å². The highest BCUT2D eigenvalue weighted by Crippen LogP contribution is 2.22. The van der Waals surface area contributed by atoms with E-state index in [9.17, 15) is 4.79 Å². The van der Waals surface area contributed by atoms with E-state index in [0.29, 0.717) is 13.2 Å². The van der Waals surface area contributed by atoms with Crippen LogP contribution < -0.4 is 5.32 Å². The Labute approximate surface area is 119 Å². The number of rotatable bonds is 4. The molecule has 18 heavy (non-hydrogen) atoms. The molecule has 0 bridgehead atoms. The highest BCUT2D eigenvalue weighted by atomic mass is 79.9. The van der Waals surface area contributed by atoms with E-state index in [1.165, 1.54) is 4.88 Å². The van der Waals surface area contributed by atoms with Crippen molar-refractivity contribution in [1.29, 1.82) is 0 Å². The molecule has 1 aliphatic rings. The zero-order valence-electron chi connectivity index (χ0n) is 10.3. The van der Waals surface area contributed by atoms with Gasteiger partial charge >= 0.3 is 0 Å². The number of morpholine rings is 1. The van der Waals surface area contributed by atoms with E-state index in [1.807, 2.05) is 13.1 Å². The summed E-state index contributed by atoms with van der Waals surface area (Å²) in [6, 6.07) is 3.95. The number of hydrogen-bond acceptors (Lipinski definition) is 4. The molecule has 1 aromatic rings. The SMILES string of the molecule is CN(CCc1ccc(Br)s1)C(=O)C1COCCN1. The third kappa shape index (κ3) is 3.78. The summed E-state index contributed by atoms with van der Waals surface area (Å²) in [5.41, 5.74) is 0. The minimum atomic E-state index is -0.182. The lowest BCUT2D eigenvalue weighted by Gasteiger charge is -2.27. The van der Waals surface area contributed by atoms with Crippen LogP contribution in [-0.4, -0.2) is 50.2 Å². The summed E-state index contributed by atoms with van der Waals surface area (Å²) < 4.78 is 6.44. The Morgan fingerprint density at radius 1 is 1.67 bits per heavy atom. The Balaban J connectivity index is 1.79. The van der Waals surface area contributed by atoms with Crippen LogP contribution in [0.25, 0.3) is 0 Å². The van der Waals surface area contributed by atoms with Gasteiger partial charge < -0.3 is 15.0 Å². The molecule has 0 saturated carbocycles. The van der Waals surface area contributed by atoms with Gasteiger partial charge in [-0.15, -0.1) is 11.3 Å². The molecule has 2 rings (SSSR count). The van der Waals surface area contributed by atoms with E-state index in [-0.39, 0.29) is 11.9 Å². The number of thiophene rings is 1. The van der Waals surface area contributed by atoms with Crippen LogP contribution in [0.2, 0.25) is 0 Å². The van der Waals surface area contributed by atoms with E-state index in [1.54, 1.807) is 16.2 Å². The van der Waals surface area contributed by atoms with Gasteiger partial charge in [-0.05, 0) is 34.5 Å². The topological polar surface area (TPSA) is 41.6 Å². The molecule has 0 aliphatic carbocycles. The lowest BCUT2D eigenvalue weighted by molar-refractivity contribution is -0.135. The quantitative estimate of drug-likeness (QED) is 0.908. The first-order valence-corrected chi connectivity index (χ1v) is 7.58. The maximum absolute atomic E-state index is 12.1. The van der Waals surface area contributed by atoms with E-state index in [4.69, 9.17) is 4.74 Å². The van der Waals surface area contributed by atoms with Gasteiger partial charge in [0, 0.05) is 25.0 Å². The van der Waals surface area contributed by atoms with Gasteiger partial charge in [0.2, 0.25) is 5.91 Å². The van der Waals surface area contributed by atoms with E-state index < -0.39 is 0 Å². The van der Waals surface area contributed by atoms with Crippen molar-refractivity contribution >= 4 is 33.2 Å². The first-order valence-electron chi connectivity index (χ1n) is 5.97. The summed E-state index contributed by atoms with van der Waals surface area (Å²) in [6.45, 7) is 2.66. The van der Waals surface area contributed by atoms with E-state index in [2.05, 4.69) is 27.3 Å². The predicted octanol–water partition coefficient (Wildman–Crippen LogP) is 1.50. The Bertz CT molecular complexity index is 405. The van der Waals surface area contributed by atoms with Crippen molar-refractivity contribution in [2.45, 2.75) is 12.5 Å². The van der Waals surface area contributed by atoms with Gasteiger partial charge in [-0.25, -0.2) is 0 Å². The summed E-state index contributed by atoms with van der Waals surface area (Å²) in [6.07, 6.45) is 0.895. The summed E-state index contributed by atoms with van der Waals surface area (Å²) in [4.78, 5) is 15.2. The lowest BCUT2D eigenvalue weighted by atomic mass is 10.2. The minimum absolute atomic E-state index is 0.116. The zero-order chi connectivity index (χ0) is 13.0. The molecule has 1 aromatic heterocycles. The molecule has 0 spiro atoms. The van der Waals surface area contributed by atoms with E-state index >= 15 is 0 Å². The molecule has 1 aliphatic heterocycles. The molecule has 1 amide bonds. The normalized spacial score (nSPS) is 19.8. The van der Waals surface area contributed by atoms with Crippen molar-refractivity contribution in [3.05, 3.63) is 20.8 Å². The van der Waals surface area contributed by atoms with Gasteiger partial charge in [0.25, 0.3) is 0 Å². The van der Waals surface area contributed by atoms with Crippen LogP contribution in [0.3, 0.4) is 0 Å². The van der Waals surface area contributed by atoms with Crippen molar-refractivity contribution in [3.8, 4) is 0 Å². The molecule has 0 aromatic carbocycles. The molecule has 1 atom stereocenters. The number of nitrogens with one attached hydrogen (secondary N) is 1. The first-order chi connectivity index (χ1) is 8.66. The second kappa shape index (κ2) is 6.65. The van der Waals surface area contributed by atoms with Gasteiger partial charge in [0.15, 0.2) is 0 Å². The molecule has 1 saturated heterocycles. The number of ether oxygens (including phenoxy) is 1. The van der Waals surface area contributed by atoms with Crippen molar-refractivity contribution in [1.82, 2.24) is 10.2 Å². The molecule has 4 nitrogen and oxygen atoms in total. The Kier molecular flexibility index (Phi) is 5.17. The van der Waals surface area contributed by atoms with Gasteiger partial charge in [-0.1, -0.05) is 0 Å². The molecule has 0 radical (unpaired) electrons. The maximum Gasteiger partial charge on any atom is 0.241 e. The standard InChI is InChI=1S/C12H17BrN2O2S/c1-15(6-4-9-2-3-11(13)18-9)12(16)10-8-17-7-5-14-10/h2-3,10,14H,4-8H2,1H3. The molecule has 1 unspecified atom stereocenters. The second-order valence-electron chi connectivity index (χ2n) is 4.30. The largest absolute Gasteiger partial charge is 0.378 e. The number of likely N-dealkylation sites (N-methyl/N-ethyl adjacent to an activating group) is 1. The molecular formula is C12H17BrN2O2S. The Morgan fingerprint density at radius 3 is 3.11 bits per heavy atom. The van der Waals surface area contributed by atoms with Crippen molar-refractivity contribution in [2.24, 2.45) is 0 Å². The molecule has 1 N–H and O–H groups in total. The van der Waals surface area contributed by atoms with Gasteiger partial charge in [-0.2, -0.15) is 0 Å². The summed E-state index contributed by atoms with van der Waals surface area (Å²) in [5.74, 6) is 0.116. The summed E-state index contributed by atoms with van der Waals surface area (Å²) in [7, 11) is 1.85. The highest BCUT2D eigenvalue weighted by molar-refractivity contribution is 9.11. The average Bonchev–Trinajstić information content (AvgIpc) is 2.82. The smallest absolute Gasteiger partial charge is 0.241 e. The molecular weight excluding hydrogens is 316 g/mol. The second-order valence-corrected chi connectivity index (χ2v) is 6.84.